The zero-order chi connectivity index (χ0) is 12.7. The summed E-state index contributed by atoms with van der Waals surface area (Å²) in [6.45, 7) is 0.316. The van der Waals surface area contributed by atoms with Crippen molar-refractivity contribution in [2.24, 2.45) is 0 Å². The lowest BCUT2D eigenvalue weighted by Crippen LogP contribution is -2.51. The standard InChI is InChI=1S/C15H19NO3/c1-2-10-6-13(7-11(3-1)16-10)19-12-4-5-14-15(8-12)18-9-17-14/h4-5,8,10-11,13,16H,1-3,6-7,9H2/t10-,11+,13?. The van der Waals surface area contributed by atoms with E-state index < -0.39 is 0 Å². The van der Waals surface area contributed by atoms with Crippen molar-refractivity contribution in [2.75, 3.05) is 6.79 Å². The van der Waals surface area contributed by atoms with Crippen LogP contribution < -0.4 is 19.5 Å². The highest BCUT2D eigenvalue weighted by Gasteiger charge is 2.32. The number of fused-ring (bicyclic) bond motifs is 3. The van der Waals surface area contributed by atoms with Gasteiger partial charge in [-0.05, 0) is 37.8 Å². The van der Waals surface area contributed by atoms with Crippen molar-refractivity contribution in [1.82, 2.24) is 5.32 Å². The highest BCUT2D eigenvalue weighted by atomic mass is 16.7. The van der Waals surface area contributed by atoms with Gasteiger partial charge in [0, 0.05) is 18.2 Å². The summed E-state index contributed by atoms with van der Waals surface area (Å²) in [5.41, 5.74) is 0. The second-order valence-electron chi connectivity index (χ2n) is 5.72. The maximum Gasteiger partial charge on any atom is 0.231 e. The lowest BCUT2D eigenvalue weighted by molar-refractivity contribution is 0.0925. The molecule has 2 fully saturated rings. The molecule has 2 bridgehead atoms. The Morgan fingerprint density at radius 1 is 1.05 bits per heavy atom. The van der Waals surface area contributed by atoms with Crippen LogP contribution in [0.5, 0.6) is 17.2 Å². The Hall–Kier alpha value is -1.42. The maximum absolute atomic E-state index is 6.14. The fourth-order valence-electron chi connectivity index (χ4n) is 3.45. The van der Waals surface area contributed by atoms with E-state index in [1.807, 2.05) is 18.2 Å². The number of ether oxygens (including phenoxy) is 3. The molecule has 1 N–H and O–H groups in total. The molecule has 1 aromatic carbocycles. The van der Waals surface area contributed by atoms with Crippen molar-refractivity contribution in [3.63, 3.8) is 0 Å². The first-order valence-electron chi connectivity index (χ1n) is 7.19. The molecule has 0 spiro atoms. The van der Waals surface area contributed by atoms with Gasteiger partial charge in [-0.1, -0.05) is 6.42 Å². The first kappa shape index (κ1) is 11.4. The van der Waals surface area contributed by atoms with Gasteiger partial charge in [-0.3, -0.25) is 0 Å². The van der Waals surface area contributed by atoms with Crippen LogP contribution in [0.1, 0.15) is 32.1 Å². The van der Waals surface area contributed by atoms with E-state index in [0.29, 0.717) is 25.0 Å². The summed E-state index contributed by atoms with van der Waals surface area (Å²) in [4.78, 5) is 0. The van der Waals surface area contributed by atoms with Gasteiger partial charge in [-0.25, -0.2) is 0 Å². The molecule has 0 radical (unpaired) electrons. The summed E-state index contributed by atoms with van der Waals surface area (Å²) in [5.74, 6) is 2.51. The van der Waals surface area contributed by atoms with Gasteiger partial charge in [0.05, 0.1) is 0 Å². The summed E-state index contributed by atoms with van der Waals surface area (Å²) < 4.78 is 16.8. The number of hydrogen-bond acceptors (Lipinski definition) is 4. The summed E-state index contributed by atoms with van der Waals surface area (Å²) >= 11 is 0. The molecule has 3 aliphatic heterocycles. The van der Waals surface area contributed by atoms with Gasteiger partial charge in [0.1, 0.15) is 11.9 Å². The van der Waals surface area contributed by atoms with Gasteiger partial charge in [0.15, 0.2) is 11.5 Å². The van der Waals surface area contributed by atoms with Crippen molar-refractivity contribution >= 4 is 0 Å². The third-order valence-corrected chi connectivity index (χ3v) is 4.32. The third-order valence-electron chi connectivity index (χ3n) is 4.32. The van der Waals surface area contributed by atoms with Crippen LogP contribution in [0.2, 0.25) is 0 Å². The smallest absolute Gasteiger partial charge is 0.231 e. The topological polar surface area (TPSA) is 39.7 Å². The van der Waals surface area contributed by atoms with E-state index in [1.165, 1.54) is 19.3 Å². The SMILES string of the molecule is c1cc2c(cc1OC1C[C@H]3CCC[C@@H](C1)N3)OCO2. The van der Waals surface area contributed by atoms with Crippen molar-refractivity contribution < 1.29 is 14.2 Å². The monoisotopic (exact) mass is 261 g/mol. The molecular formula is C15H19NO3. The zero-order valence-corrected chi connectivity index (χ0v) is 10.9. The number of piperidine rings is 2. The Morgan fingerprint density at radius 3 is 2.68 bits per heavy atom. The molecule has 0 aliphatic carbocycles. The van der Waals surface area contributed by atoms with Crippen LogP contribution in [-0.2, 0) is 0 Å². The molecule has 0 saturated carbocycles. The van der Waals surface area contributed by atoms with E-state index in [-0.39, 0.29) is 0 Å². The average Bonchev–Trinajstić information content (AvgIpc) is 2.85. The Morgan fingerprint density at radius 2 is 1.84 bits per heavy atom. The van der Waals surface area contributed by atoms with Gasteiger partial charge < -0.3 is 19.5 Å². The number of benzene rings is 1. The van der Waals surface area contributed by atoms with Gasteiger partial charge in [-0.2, -0.15) is 0 Å². The van der Waals surface area contributed by atoms with Gasteiger partial charge in [-0.15, -0.1) is 0 Å². The molecule has 0 amide bonds. The minimum atomic E-state index is 0.316. The van der Waals surface area contributed by atoms with Crippen molar-refractivity contribution in [3.8, 4) is 17.2 Å². The molecule has 3 atom stereocenters. The van der Waals surface area contributed by atoms with E-state index in [9.17, 15) is 0 Å². The third kappa shape index (κ3) is 2.25. The van der Waals surface area contributed by atoms with Gasteiger partial charge in [0.25, 0.3) is 0 Å². The van der Waals surface area contributed by atoms with Crippen LogP contribution in [0.25, 0.3) is 0 Å². The molecule has 4 rings (SSSR count). The normalized spacial score (nSPS) is 32.1. The van der Waals surface area contributed by atoms with Crippen LogP contribution in [0, 0.1) is 0 Å². The molecule has 102 valence electrons. The lowest BCUT2D eigenvalue weighted by atomic mass is 9.85. The quantitative estimate of drug-likeness (QED) is 0.887. The largest absolute Gasteiger partial charge is 0.490 e. The van der Waals surface area contributed by atoms with Crippen LogP contribution in [0.4, 0.5) is 0 Å². The Bertz CT molecular complexity index is 464. The fourth-order valence-corrected chi connectivity index (χ4v) is 3.45. The summed E-state index contributed by atoms with van der Waals surface area (Å²) in [6.07, 6.45) is 6.50. The van der Waals surface area contributed by atoms with Crippen molar-refractivity contribution in [3.05, 3.63) is 18.2 Å². The lowest BCUT2D eigenvalue weighted by Gasteiger charge is -2.40. The van der Waals surface area contributed by atoms with Crippen LogP contribution >= 0.6 is 0 Å². The molecule has 4 nitrogen and oxygen atoms in total. The van der Waals surface area contributed by atoms with E-state index in [1.54, 1.807) is 0 Å². The van der Waals surface area contributed by atoms with E-state index in [2.05, 4.69) is 5.32 Å². The molecule has 3 aliphatic rings. The number of hydrogen-bond donors (Lipinski definition) is 1. The molecule has 1 aromatic rings. The predicted octanol–water partition coefficient (Wildman–Crippen LogP) is 2.47. The maximum atomic E-state index is 6.14. The zero-order valence-electron chi connectivity index (χ0n) is 10.9. The van der Waals surface area contributed by atoms with E-state index in [4.69, 9.17) is 14.2 Å². The summed E-state index contributed by atoms with van der Waals surface area (Å²) in [7, 11) is 0. The van der Waals surface area contributed by atoms with E-state index >= 15 is 0 Å². The molecule has 19 heavy (non-hydrogen) atoms. The highest BCUT2D eigenvalue weighted by Crippen LogP contribution is 2.36. The predicted molar refractivity (Wildman–Crippen MR) is 70.8 cm³/mol. The van der Waals surface area contributed by atoms with Crippen molar-refractivity contribution in [2.45, 2.75) is 50.3 Å². The molecule has 1 unspecified atom stereocenters. The number of rotatable bonds is 2. The summed E-state index contributed by atoms with van der Waals surface area (Å²) in [6, 6.07) is 7.14. The molecule has 3 heterocycles. The minimum absolute atomic E-state index is 0.316. The average molecular weight is 261 g/mol. The fraction of sp³-hybridized carbons (Fsp3) is 0.600. The summed E-state index contributed by atoms with van der Waals surface area (Å²) in [5, 5.41) is 3.69. The van der Waals surface area contributed by atoms with Gasteiger partial charge >= 0.3 is 0 Å². The van der Waals surface area contributed by atoms with E-state index in [0.717, 1.165) is 30.1 Å². The van der Waals surface area contributed by atoms with Crippen LogP contribution in [-0.4, -0.2) is 25.0 Å². The second-order valence-corrected chi connectivity index (χ2v) is 5.72. The van der Waals surface area contributed by atoms with Crippen LogP contribution in [0.3, 0.4) is 0 Å². The first-order chi connectivity index (χ1) is 9.37. The molecule has 4 heteroatoms. The minimum Gasteiger partial charge on any atom is -0.490 e. The molecular weight excluding hydrogens is 242 g/mol. The Labute approximate surface area is 113 Å². The van der Waals surface area contributed by atoms with Gasteiger partial charge in [0.2, 0.25) is 6.79 Å². The first-order valence-corrected chi connectivity index (χ1v) is 7.19. The Kier molecular flexibility index (Phi) is 2.76. The molecule has 2 saturated heterocycles. The van der Waals surface area contributed by atoms with Crippen LogP contribution in [0.15, 0.2) is 18.2 Å². The highest BCUT2D eigenvalue weighted by molar-refractivity contribution is 5.46. The van der Waals surface area contributed by atoms with Crippen molar-refractivity contribution in [1.29, 1.82) is 0 Å². The molecule has 0 aromatic heterocycles. The number of nitrogens with one attached hydrogen (secondary N) is 1. The second kappa shape index (κ2) is 4.60. The Balaban J connectivity index is 1.46.